The molecule has 0 bridgehead atoms. The van der Waals surface area contributed by atoms with Crippen molar-refractivity contribution in [1.82, 2.24) is 10.2 Å². The van der Waals surface area contributed by atoms with Gasteiger partial charge in [-0.15, -0.1) is 0 Å². The molecule has 1 fully saturated rings. The number of nitrogens with one attached hydrogen (secondary N) is 1. The first-order chi connectivity index (χ1) is 12.1. The molecule has 1 aromatic rings. The largest absolute Gasteiger partial charge is 0.354 e. The van der Waals surface area contributed by atoms with Gasteiger partial charge in [-0.25, -0.2) is 0 Å². The molecular weight excluding hydrogens is 336 g/mol. The Kier molecular flexibility index (Phi) is 5.71. The Morgan fingerprint density at radius 1 is 1.24 bits per heavy atom. The van der Waals surface area contributed by atoms with Crippen LogP contribution in [-0.2, 0) is 9.59 Å². The van der Waals surface area contributed by atoms with Crippen molar-refractivity contribution in [3.63, 3.8) is 0 Å². The summed E-state index contributed by atoms with van der Waals surface area (Å²) in [5.41, 5.74) is 0.881. The lowest BCUT2D eigenvalue weighted by Crippen LogP contribution is -2.39. The molecule has 1 saturated heterocycles. The SMILES string of the molecule is O=C(NCCN1C(=O)SC(=Cc2ccccc2)C1=O)C1CC=CCC1. The van der Waals surface area contributed by atoms with E-state index in [4.69, 9.17) is 0 Å². The topological polar surface area (TPSA) is 66.5 Å². The van der Waals surface area contributed by atoms with E-state index in [9.17, 15) is 14.4 Å². The highest BCUT2D eigenvalue weighted by atomic mass is 32.2. The van der Waals surface area contributed by atoms with Crippen LogP contribution < -0.4 is 5.32 Å². The highest BCUT2D eigenvalue weighted by Crippen LogP contribution is 2.31. The zero-order chi connectivity index (χ0) is 17.6. The van der Waals surface area contributed by atoms with Crippen LogP contribution in [0, 0.1) is 5.92 Å². The molecule has 1 heterocycles. The molecule has 1 aromatic carbocycles. The molecule has 5 nitrogen and oxygen atoms in total. The molecule has 0 radical (unpaired) electrons. The molecule has 1 atom stereocenters. The maximum absolute atomic E-state index is 12.4. The Labute approximate surface area is 151 Å². The van der Waals surface area contributed by atoms with Crippen LogP contribution in [0.1, 0.15) is 24.8 Å². The Morgan fingerprint density at radius 3 is 2.76 bits per heavy atom. The highest BCUT2D eigenvalue weighted by Gasteiger charge is 2.34. The van der Waals surface area contributed by atoms with Crippen molar-refractivity contribution in [3.05, 3.63) is 53.0 Å². The van der Waals surface area contributed by atoms with E-state index in [2.05, 4.69) is 11.4 Å². The van der Waals surface area contributed by atoms with E-state index in [1.165, 1.54) is 4.90 Å². The average Bonchev–Trinajstić information content (AvgIpc) is 2.90. The summed E-state index contributed by atoms with van der Waals surface area (Å²) >= 11 is 0.940. The monoisotopic (exact) mass is 356 g/mol. The smallest absolute Gasteiger partial charge is 0.293 e. The molecule has 3 rings (SSSR count). The van der Waals surface area contributed by atoms with Crippen LogP contribution >= 0.6 is 11.8 Å². The molecule has 3 amide bonds. The van der Waals surface area contributed by atoms with Gasteiger partial charge in [0.1, 0.15) is 0 Å². The van der Waals surface area contributed by atoms with Gasteiger partial charge in [0.05, 0.1) is 4.91 Å². The van der Waals surface area contributed by atoms with Gasteiger partial charge in [-0.1, -0.05) is 42.5 Å². The van der Waals surface area contributed by atoms with E-state index in [1.807, 2.05) is 36.4 Å². The Bertz CT molecular complexity index is 727. The van der Waals surface area contributed by atoms with Crippen molar-refractivity contribution in [2.45, 2.75) is 19.3 Å². The van der Waals surface area contributed by atoms with E-state index < -0.39 is 0 Å². The average molecular weight is 356 g/mol. The number of thioether (sulfide) groups is 1. The molecule has 0 saturated carbocycles. The maximum Gasteiger partial charge on any atom is 0.293 e. The molecule has 1 aliphatic heterocycles. The molecule has 1 N–H and O–H groups in total. The number of rotatable bonds is 5. The number of allylic oxidation sites excluding steroid dienone is 2. The maximum atomic E-state index is 12.4. The number of benzene rings is 1. The molecule has 130 valence electrons. The third-order valence-electron chi connectivity index (χ3n) is 4.25. The second-order valence-electron chi connectivity index (χ2n) is 6.02. The third-order valence-corrected chi connectivity index (χ3v) is 5.15. The lowest BCUT2D eigenvalue weighted by molar-refractivity contribution is -0.126. The van der Waals surface area contributed by atoms with E-state index in [0.717, 1.165) is 36.6 Å². The molecule has 6 heteroatoms. The summed E-state index contributed by atoms with van der Waals surface area (Å²) < 4.78 is 0. The number of carbonyl (C=O) groups excluding carboxylic acids is 3. The Balaban J connectivity index is 1.53. The number of carbonyl (C=O) groups is 3. The molecule has 25 heavy (non-hydrogen) atoms. The van der Waals surface area contributed by atoms with Crippen LogP contribution in [-0.4, -0.2) is 35.0 Å². The zero-order valence-electron chi connectivity index (χ0n) is 13.8. The fourth-order valence-corrected chi connectivity index (χ4v) is 3.73. The molecule has 0 aromatic heterocycles. The van der Waals surface area contributed by atoms with Gasteiger partial charge in [-0.2, -0.15) is 0 Å². The van der Waals surface area contributed by atoms with E-state index >= 15 is 0 Å². The van der Waals surface area contributed by atoms with Crippen LogP contribution in [0.4, 0.5) is 4.79 Å². The second-order valence-corrected chi connectivity index (χ2v) is 7.01. The number of amides is 3. The molecule has 1 aliphatic carbocycles. The fourth-order valence-electron chi connectivity index (χ4n) is 2.86. The summed E-state index contributed by atoms with van der Waals surface area (Å²) in [5, 5.41) is 2.55. The Hall–Kier alpha value is -2.34. The summed E-state index contributed by atoms with van der Waals surface area (Å²) in [6, 6.07) is 9.42. The van der Waals surface area contributed by atoms with Crippen molar-refractivity contribution >= 4 is 34.9 Å². The zero-order valence-corrected chi connectivity index (χ0v) is 14.6. The van der Waals surface area contributed by atoms with Gasteiger partial charge in [0.2, 0.25) is 5.91 Å². The number of hydrogen-bond acceptors (Lipinski definition) is 4. The predicted molar refractivity (Wildman–Crippen MR) is 98.6 cm³/mol. The van der Waals surface area contributed by atoms with Gasteiger partial charge in [0.15, 0.2) is 0 Å². The van der Waals surface area contributed by atoms with Gasteiger partial charge < -0.3 is 5.32 Å². The Morgan fingerprint density at radius 2 is 2.04 bits per heavy atom. The quantitative estimate of drug-likeness (QED) is 0.650. The molecular formula is C19H20N2O3S. The lowest BCUT2D eigenvalue weighted by Gasteiger charge is -2.18. The van der Waals surface area contributed by atoms with Gasteiger partial charge in [0.25, 0.3) is 11.1 Å². The summed E-state index contributed by atoms with van der Waals surface area (Å²) in [6.45, 7) is 0.487. The van der Waals surface area contributed by atoms with E-state index in [1.54, 1.807) is 6.08 Å². The van der Waals surface area contributed by atoms with Gasteiger partial charge >= 0.3 is 0 Å². The second kappa shape index (κ2) is 8.16. The summed E-state index contributed by atoms with van der Waals surface area (Å²) in [5.74, 6) is -0.303. The van der Waals surface area contributed by atoms with Gasteiger partial charge in [-0.3, -0.25) is 19.3 Å². The van der Waals surface area contributed by atoms with Crippen molar-refractivity contribution in [2.75, 3.05) is 13.1 Å². The van der Waals surface area contributed by atoms with Crippen molar-refractivity contribution in [1.29, 1.82) is 0 Å². The number of imide groups is 1. The number of hydrogen-bond donors (Lipinski definition) is 1. The van der Waals surface area contributed by atoms with Gasteiger partial charge in [-0.05, 0) is 42.7 Å². The normalized spacial score (nSPS) is 21.8. The lowest BCUT2D eigenvalue weighted by atomic mass is 9.94. The predicted octanol–water partition coefficient (Wildman–Crippen LogP) is 3.20. The van der Waals surface area contributed by atoms with Crippen LogP contribution in [0.3, 0.4) is 0 Å². The van der Waals surface area contributed by atoms with E-state index in [0.29, 0.717) is 4.91 Å². The van der Waals surface area contributed by atoms with Crippen LogP contribution in [0.25, 0.3) is 6.08 Å². The van der Waals surface area contributed by atoms with Crippen LogP contribution in [0.15, 0.2) is 47.4 Å². The van der Waals surface area contributed by atoms with Crippen molar-refractivity contribution in [2.24, 2.45) is 5.92 Å². The summed E-state index contributed by atoms with van der Waals surface area (Å²) in [6.07, 6.45) is 8.36. The first-order valence-electron chi connectivity index (χ1n) is 8.38. The van der Waals surface area contributed by atoms with Crippen LogP contribution in [0.5, 0.6) is 0 Å². The minimum Gasteiger partial charge on any atom is -0.354 e. The van der Waals surface area contributed by atoms with Crippen LogP contribution in [0.2, 0.25) is 0 Å². The molecule has 2 aliphatic rings. The summed E-state index contributed by atoms with van der Waals surface area (Å²) in [4.78, 5) is 38.2. The van der Waals surface area contributed by atoms with Crippen molar-refractivity contribution in [3.8, 4) is 0 Å². The standard InChI is InChI=1S/C19H20N2O3S/c22-17(15-9-5-2-6-10-15)20-11-12-21-18(23)16(25-19(21)24)13-14-7-3-1-4-8-14/h1-5,7-8,13,15H,6,9-12H2,(H,20,22). The van der Waals surface area contributed by atoms with Gasteiger partial charge in [0, 0.05) is 19.0 Å². The minimum atomic E-state index is -0.297. The minimum absolute atomic E-state index is 0.00195. The highest BCUT2D eigenvalue weighted by molar-refractivity contribution is 8.18. The number of nitrogens with zero attached hydrogens (tertiary/aromatic N) is 1. The summed E-state index contributed by atoms with van der Waals surface area (Å²) in [7, 11) is 0. The molecule has 1 unspecified atom stereocenters. The van der Waals surface area contributed by atoms with Crippen molar-refractivity contribution < 1.29 is 14.4 Å². The first-order valence-corrected chi connectivity index (χ1v) is 9.20. The first kappa shape index (κ1) is 17.5. The third kappa shape index (κ3) is 4.39. The molecule has 0 spiro atoms. The van der Waals surface area contributed by atoms with E-state index in [-0.39, 0.29) is 36.1 Å². The fraction of sp³-hybridized carbons (Fsp3) is 0.316.